The number of anilines is 1. The molecular formula is C36H40ClN3O4S. The number of para-hydroxylation sites is 1. The monoisotopic (exact) mass is 645 g/mol. The van der Waals surface area contributed by atoms with E-state index < -0.39 is 28.5 Å². The van der Waals surface area contributed by atoms with E-state index >= 15 is 0 Å². The number of sulfonamides is 1. The van der Waals surface area contributed by atoms with Gasteiger partial charge in [0, 0.05) is 24.0 Å². The summed E-state index contributed by atoms with van der Waals surface area (Å²) in [5, 5.41) is 3.46. The van der Waals surface area contributed by atoms with Crippen LogP contribution in [0.2, 0.25) is 5.02 Å². The predicted molar refractivity (Wildman–Crippen MR) is 181 cm³/mol. The van der Waals surface area contributed by atoms with E-state index in [-0.39, 0.29) is 29.8 Å². The Balaban J connectivity index is 1.82. The maximum absolute atomic E-state index is 14.6. The molecule has 0 aliphatic rings. The van der Waals surface area contributed by atoms with Gasteiger partial charge in [0.05, 0.1) is 10.6 Å². The van der Waals surface area contributed by atoms with Gasteiger partial charge in [-0.25, -0.2) is 8.42 Å². The number of rotatable bonds is 13. The molecule has 236 valence electrons. The molecule has 2 amide bonds. The molecule has 0 radical (unpaired) electrons. The second kappa shape index (κ2) is 15.2. The van der Waals surface area contributed by atoms with Crippen LogP contribution < -0.4 is 9.62 Å². The molecule has 0 heterocycles. The van der Waals surface area contributed by atoms with Gasteiger partial charge in [0.25, 0.3) is 10.0 Å². The van der Waals surface area contributed by atoms with Crippen molar-refractivity contribution in [3.8, 4) is 0 Å². The number of nitrogens with zero attached hydrogens (tertiary/aromatic N) is 2. The van der Waals surface area contributed by atoms with Crippen molar-refractivity contribution in [1.29, 1.82) is 0 Å². The minimum atomic E-state index is -4.20. The predicted octanol–water partition coefficient (Wildman–Crippen LogP) is 6.71. The van der Waals surface area contributed by atoms with Crippen LogP contribution in [0.5, 0.6) is 0 Å². The first-order chi connectivity index (χ1) is 21.5. The van der Waals surface area contributed by atoms with Crippen LogP contribution in [0, 0.1) is 13.8 Å². The van der Waals surface area contributed by atoms with Crippen molar-refractivity contribution >= 4 is 39.1 Å². The summed E-state index contributed by atoms with van der Waals surface area (Å²) in [6.45, 7) is 7.27. The molecule has 0 unspecified atom stereocenters. The fraction of sp³-hybridized carbons (Fsp3) is 0.278. The van der Waals surface area contributed by atoms with Crippen LogP contribution in [0.4, 0.5) is 5.69 Å². The third-order valence-electron chi connectivity index (χ3n) is 7.77. The number of benzene rings is 4. The molecule has 9 heteroatoms. The highest BCUT2D eigenvalue weighted by atomic mass is 35.5. The normalized spacial score (nSPS) is 12.6. The van der Waals surface area contributed by atoms with Crippen LogP contribution in [0.3, 0.4) is 0 Å². The van der Waals surface area contributed by atoms with E-state index in [1.54, 1.807) is 25.1 Å². The van der Waals surface area contributed by atoms with Gasteiger partial charge >= 0.3 is 0 Å². The van der Waals surface area contributed by atoms with Gasteiger partial charge in [-0.3, -0.25) is 13.9 Å². The van der Waals surface area contributed by atoms with Gasteiger partial charge in [-0.15, -0.1) is 0 Å². The Kier molecular flexibility index (Phi) is 11.4. The lowest BCUT2D eigenvalue weighted by Gasteiger charge is -2.34. The third-order valence-corrected chi connectivity index (χ3v) is 9.80. The number of nitrogens with one attached hydrogen (secondary N) is 1. The summed E-state index contributed by atoms with van der Waals surface area (Å²) in [5.41, 5.74) is 3.79. The van der Waals surface area contributed by atoms with Crippen molar-refractivity contribution in [3.05, 3.63) is 130 Å². The number of halogens is 1. The van der Waals surface area contributed by atoms with E-state index in [1.807, 2.05) is 81.4 Å². The highest BCUT2D eigenvalue weighted by molar-refractivity contribution is 7.92. The van der Waals surface area contributed by atoms with Gasteiger partial charge in [0.1, 0.15) is 12.6 Å². The molecule has 0 bridgehead atoms. The molecule has 0 aliphatic carbocycles. The first kappa shape index (κ1) is 33.7. The summed E-state index contributed by atoms with van der Waals surface area (Å²) >= 11 is 6.07. The third kappa shape index (κ3) is 8.74. The molecule has 0 saturated heterocycles. The second-order valence-electron chi connectivity index (χ2n) is 11.3. The zero-order chi connectivity index (χ0) is 32.6. The Labute approximate surface area is 271 Å². The van der Waals surface area contributed by atoms with Crippen molar-refractivity contribution in [2.45, 2.75) is 64.1 Å². The number of aryl methyl sites for hydroxylation is 2. The second-order valence-corrected chi connectivity index (χ2v) is 13.6. The van der Waals surface area contributed by atoms with Crippen molar-refractivity contribution < 1.29 is 18.0 Å². The van der Waals surface area contributed by atoms with Gasteiger partial charge in [0.2, 0.25) is 11.8 Å². The maximum atomic E-state index is 14.6. The Morgan fingerprint density at radius 3 is 2.13 bits per heavy atom. The molecule has 4 rings (SSSR count). The molecule has 45 heavy (non-hydrogen) atoms. The fourth-order valence-corrected chi connectivity index (χ4v) is 6.70. The molecule has 1 N–H and O–H groups in total. The van der Waals surface area contributed by atoms with E-state index in [0.29, 0.717) is 16.3 Å². The summed E-state index contributed by atoms with van der Waals surface area (Å²) in [4.78, 5) is 30.0. The summed E-state index contributed by atoms with van der Waals surface area (Å²) in [7, 11) is -4.20. The van der Waals surface area contributed by atoms with E-state index in [0.717, 1.165) is 27.4 Å². The SMILES string of the molecule is CC[C@@H](C)NC(=O)[C@H](Cc1ccccc1)N(Cc1cccc(C)c1)C(=O)CN(c1ccccc1C)S(=O)(=O)c1ccc(Cl)cc1. The minimum absolute atomic E-state index is 0.00327. The van der Waals surface area contributed by atoms with Gasteiger partial charge in [-0.2, -0.15) is 0 Å². The van der Waals surface area contributed by atoms with Crippen molar-refractivity contribution in [1.82, 2.24) is 10.2 Å². The fourth-order valence-electron chi connectivity index (χ4n) is 5.09. The van der Waals surface area contributed by atoms with Crippen LogP contribution in [0.15, 0.2) is 108 Å². The first-order valence-corrected chi connectivity index (χ1v) is 16.8. The highest BCUT2D eigenvalue weighted by Crippen LogP contribution is 2.28. The van der Waals surface area contributed by atoms with Crippen LogP contribution >= 0.6 is 11.6 Å². The van der Waals surface area contributed by atoms with Gasteiger partial charge in [-0.05, 0) is 74.2 Å². The standard InChI is InChI=1S/C36H40ClN3O4S/c1-5-28(4)38-36(42)34(23-29-14-7-6-8-15-29)39(24-30-16-11-12-26(2)22-30)35(41)25-40(33-17-10-9-13-27(33)3)45(43,44)32-20-18-31(37)19-21-32/h6-22,28,34H,5,23-25H2,1-4H3,(H,38,42)/t28-,34+/m1/s1. The molecular weight excluding hydrogens is 606 g/mol. The summed E-state index contributed by atoms with van der Waals surface area (Å²) < 4.78 is 29.5. The van der Waals surface area contributed by atoms with Crippen molar-refractivity contribution in [2.24, 2.45) is 0 Å². The first-order valence-electron chi connectivity index (χ1n) is 15.0. The lowest BCUT2D eigenvalue weighted by Crippen LogP contribution is -2.54. The Bertz CT molecular complexity index is 1710. The molecule has 4 aromatic rings. The Morgan fingerprint density at radius 2 is 1.49 bits per heavy atom. The van der Waals surface area contributed by atoms with E-state index in [2.05, 4.69) is 5.32 Å². The van der Waals surface area contributed by atoms with Gasteiger partial charge < -0.3 is 10.2 Å². The molecule has 0 fully saturated rings. The zero-order valence-corrected chi connectivity index (χ0v) is 27.7. The van der Waals surface area contributed by atoms with Crippen molar-refractivity contribution in [3.63, 3.8) is 0 Å². The van der Waals surface area contributed by atoms with Crippen molar-refractivity contribution in [2.75, 3.05) is 10.8 Å². The van der Waals surface area contributed by atoms with Crippen LogP contribution in [-0.2, 0) is 32.6 Å². The lowest BCUT2D eigenvalue weighted by molar-refractivity contribution is -0.140. The maximum Gasteiger partial charge on any atom is 0.264 e. The molecule has 0 aliphatic heterocycles. The average molecular weight is 646 g/mol. The van der Waals surface area contributed by atoms with E-state index in [4.69, 9.17) is 11.6 Å². The largest absolute Gasteiger partial charge is 0.352 e. The molecule has 7 nitrogen and oxygen atoms in total. The van der Waals surface area contributed by atoms with Crippen LogP contribution in [0.1, 0.15) is 42.5 Å². The summed E-state index contributed by atoms with van der Waals surface area (Å²) in [6, 6.07) is 29.1. The Hall–Kier alpha value is -4.14. The highest BCUT2D eigenvalue weighted by Gasteiger charge is 2.35. The molecule has 0 saturated carbocycles. The van der Waals surface area contributed by atoms with E-state index in [9.17, 15) is 18.0 Å². The quantitative estimate of drug-likeness (QED) is 0.175. The molecule has 4 aromatic carbocycles. The Morgan fingerprint density at radius 1 is 0.844 bits per heavy atom. The zero-order valence-electron chi connectivity index (χ0n) is 26.1. The minimum Gasteiger partial charge on any atom is -0.352 e. The number of hydrogen-bond donors (Lipinski definition) is 1. The molecule has 2 atom stereocenters. The van der Waals surface area contributed by atoms with Crippen LogP contribution in [0.25, 0.3) is 0 Å². The van der Waals surface area contributed by atoms with E-state index in [1.165, 1.54) is 29.2 Å². The van der Waals surface area contributed by atoms with Gasteiger partial charge in [0.15, 0.2) is 0 Å². The average Bonchev–Trinajstić information content (AvgIpc) is 3.02. The molecule has 0 aromatic heterocycles. The summed E-state index contributed by atoms with van der Waals surface area (Å²) in [5.74, 6) is -0.797. The summed E-state index contributed by atoms with van der Waals surface area (Å²) in [6.07, 6.45) is 0.977. The van der Waals surface area contributed by atoms with Crippen LogP contribution in [-0.4, -0.2) is 43.8 Å². The number of carbonyl (C=O) groups is 2. The smallest absolute Gasteiger partial charge is 0.264 e. The number of hydrogen-bond acceptors (Lipinski definition) is 4. The number of amides is 2. The lowest BCUT2D eigenvalue weighted by atomic mass is 10.0. The van der Waals surface area contributed by atoms with Gasteiger partial charge in [-0.1, -0.05) is 96.9 Å². The molecule has 0 spiro atoms. The number of carbonyl (C=O) groups excluding carboxylic acids is 2. The topological polar surface area (TPSA) is 86.8 Å².